The van der Waals surface area contributed by atoms with E-state index in [0.29, 0.717) is 11.7 Å². The van der Waals surface area contributed by atoms with Crippen LogP contribution in [-0.4, -0.2) is 78.7 Å². The van der Waals surface area contributed by atoms with Crippen molar-refractivity contribution in [1.29, 1.82) is 0 Å². The Hall–Kier alpha value is -1.96. The Morgan fingerprint density at radius 3 is 2.55 bits per heavy atom. The van der Waals surface area contributed by atoms with Crippen LogP contribution in [0.25, 0.3) is 0 Å². The van der Waals surface area contributed by atoms with E-state index < -0.39 is 12.3 Å². The maximum atomic E-state index is 12.5. The smallest absolute Gasteiger partial charge is 0.237 e. The summed E-state index contributed by atoms with van der Waals surface area (Å²) in [6.45, 7) is 12.5. The number of nitrogens with one attached hydrogen (secondary N) is 2. The summed E-state index contributed by atoms with van der Waals surface area (Å²) >= 11 is 0. The topological polar surface area (TPSA) is 80.2 Å². The molecule has 1 fully saturated rings. The number of amidine groups is 1. The van der Waals surface area contributed by atoms with E-state index >= 15 is 0 Å². The van der Waals surface area contributed by atoms with Crippen LogP contribution in [0.3, 0.4) is 0 Å². The van der Waals surface area contributed by atoms with Crippen molar-refractivity contribution < 1.29 is 9.90 Å². The first kappa shape index (κ1) is 25.3. The van der Waals surface area contributed by atoms with E-state index in [1.807, 2.05) is 66.0 Å². The van der Waals surface area contributed by atoms with Gasteiger partial charge in [0.25, 0.3) is 0 Å². The zero-order valence-corrected chi connectivity index (χ0v) is 20.3. The van der Waals surface area contributed by atoms with Crippen LogP contribution in [0.4, 0.5) is 0 Å². The molecule has 0 saturated heterocycles. The fraction of sp³-hybridized carbons (Fsp3) is 0.667. The molecular formula is C24H41N5O2. The van der Waals surface area contributed by atoms with Gasteiger partial charge in [0.15, 0.2) is 0 Å². The lowest BCUT2D eigenvalue weighted by molar-refractivity contribution is -0.126. The van der Waals surface area contributed by atoms with Gasteiger partial charge >= 0.3 is 0 Å². The van der Waals surface area contributed by atoms with Gasteiger partial charge in [-0.3, -0.25) is 15.0 Å². The van der Waals surface area contributed by atoms with Crippen molar-refractivity contribution in [3.05, 3.63) is 35.6 Å². The predicted molar refractivity (Wildman–Crippen MR) is 128 cm³/mol. The SMILES string of the molecule is C\C=C/C=C(C)/C1=N\C(C(O)N[C@H](C(=O)NC)C(C)(C)C)=C\CN(C2CC2)CCN1C. The molecule has 1 aliphatic heterocycles. The van der Waals surface area contributed by atoms with Crippen LogP contribution in [0.15, 0.2) is 40.6 Å². The largest absolute Gasteiger partial charge is 0.373 e. The van der Waals surface area contributed by atoms with Gasteiger partial charge in [-0.15, -0.1) is 0 Å². The second-order valence-electron chi connectivity index (χ2n) is 9.57. The van der Waals surface area contributed by atoms with Crippen LogP contribution in [0.1, 0.15) is 47.5 Å². The number of carbonyl (C=O) groups is 1. The molecule has 1 saturated carbocycles. The number of hydrogen-bond acceptors (Lipinski definition) is 6. The third kappa shape index (κ3) is 7.30. The number of allylic oxidation sites excluding steroid dienone is 3. The van der Waals surface area contributed by atoms with Crippen LogP contribution in [0.2, 0.25) is 0 Å². The van der Waals surface area contributed by atoms with E-state index in [1.54, 1.807) is 7.05 Å². The minimum Gasteiger partial charge on any atom is -0.373 e. The summed E-state index contributed by atoms with van der Waals surface area (Å²) < 4.78 is 0. The zero-order valence-electron chi connectivity index (χ0n) is 20.3. The third-order valence-electron chi connectivity index (χ3n) is 5.79. The first-order chi connectivity index (χ1) is 14.6. The summed E-state index contributed by atoms with van der Waals surface area (Å²) in [5, 5.41) is 16.9. The van der Waals surface area contributed by atoms with E-state index in [4.69, 9.17) is 4.99 Å². The van der Waals surface area contributed by atoms with E-state index in [-0.39, 0.29) is 11.3 Å². The highest BCUT2D eigenvalue weighted by molar-refractivity contribution is 5.98. The Morgan fingerprint density at radius 2 is 2.00 bits per heavy atom. The minimum absolute atomic E-state index is 0.152. The molecule has 0 aromatic rings. The first-order valence-corrected chi connectivity index (χ1v) is 11.3. The Bertz CT molecular complexity index is 744. The van der Waals surface area contributed by atoms with Crippen molar-refractivity contribution in [2.24, 2.45) is 10.4 Å². The average molecular weight is 432 g/mol. The highest BCUT2D eigenvalue weighted by Gasteiger charge is 2.34. The maximum absolute atomic E-state index is 12.5. The number of aliphatic imine (C=N–C) groups is 1. The van der Waals surface area contributed by atoms with E-state index in [0.717, 1.165) is 31.0 Å². The quantitative estimate of drug-likeness (QED) is 0.426. The highest BCUT2D eigenvalue weighted by Crippen LogP contribution is 2.27. The van der Waals surface area contributed by atoms with Crippen molar-refractivity contribution in [2.75, 3.05) is 33.7 Å². The van der Waals surface area contributed by atoms with Crippen molar-refractivity contribution in [2.45, 2.75) is 65.8 Å². The molecule has 3 N–H and O–H groups in total. The molecule has 0 radical (unpaired) electrons. The number of aliphatic hydroxyl groups excluding tert-OH is 1. The number of aliphatic hydroxyl groups is 1. The second kappa shape index (κ2) is 11.1. The first-order valence-electron chi connectivity index (χ1n) is 11.3. The lowest BCUT2D eigenvalue weighted by atomic mass is 9.86. The molecule has 1 aliphatic carbocycles. The lowest BCUT2D eigenvalue weighted by Crippen LogP contribution is -2.54. The van der Waals surface area contributed by atoms with Gasteiger partial charge in [0.1, 0.15) is 12.1 Å². The van der Waals surface area contributed by atoms with Crippen LogP contribution in [0, 0.1) is 5.41 Å². The van der Waals surface area contributed by atoms with Gasteiger partial charge in [-0.25, -0.2) is 4.99 Å². The molecule has 2 aliphatic rings. The molecule has 2 atom stereocenters. The molecule has 2 rings (SSSR count). The standard InChI is InChI=1S/C24H41N5O2/c1-8-9-10-17(2)21-26-19(13-14-29(18-11-12-18)16-15-28(21)7)22(30)27-20(23(31)25-6)24(3,4)5/h8-10,13,18,20,22,27,30H,11-12,14-16H2,1-7H3,(H,25,31)/b9-8-,17-10+,19-13+,26-21+/t20-,22?/m1/s1. The molecule has 0 aromatic carbocycles. The molecule has 7 nitrogen and oxygen atoms in total. The van der Waals surface area contributed by atoms with Gasteiger partial charge in [0, 0.05) is 39.8 Å². The fourth-order valence-corrected chi connectivity index (χ4v) is 3.69. The van der Waals surface area contributed by atoms with E-state index in [9.17, 15) is 9.90 Å². The molecule has 1 unspecified atom stereocenters. The van der Waals surface area contributed by atoms with Crippen molar-refractivity contribution in [3.8, 4) is 0 Å². The molecule has 1 heterocycles. The molecule has 1 amide bonds. The van der Waals surface area contributed by atoms with Gasteiger partial charge in [-0.2, -0.15) is 0 Å². The summed E-state index contributed by atoms with van der Waals surface area (Å²) in [6, 6.07) is 0.0574. The molecule has 174 valence electrons. The van der Waals surface area contributed by atoms with Gasteiger partial charge < -0.3 is 15.3 Å². The number of hydrogen-bond donors (Lipinski definition) is 3. The number of carbonyl (C=O) groups excluding carboxylic acids is 1. The molecule has 0 bridgehead atoms. The van der Waals surface area contributed by atoms with E-state index in [2.05, 4.69) is 20.4 Å². The van der Waals surface area contributed by atoms with Crippen molar-refractivity contribution >= 4 is 11.7 Å². The zero-order chi connectivity index (χ0) is 23.2. The molecule has 0 aromatic heterocycles. The number of rotatable bonds is 7. The maximum Gasteiger partial charge on any atom is 0.237 e. The Kier molecular flexibility index (Phi) is 9.03. The molecular weight excluding hydrogens is 390 g/mol. The van der Waals surface area contributed by atoms with Crippen LogP contribution in [-0.2, 0) is 4.79 Å². The van der Waals surface area contributed by atoms with Crippen molar-refractivity contribution in [1.82, 2.24) is 20.4 Å². The van der Waals surface area contributed by atoms with Crippen LogP contribution in [0.5, 0.6) is 0 Å². The summed E-state index contributed by atoms with van der Waals surface area (Å²) in [7, 11) is 3.66. The minimum atomic E-state index is -1.06. The van der Waals surface area contributed by atoms with Gasteiger partial charge in [-0.05, 0) is 43.8 Å². The fourth-order valence-electron chi connectivity index (χ4n) is 3.69. The highest BCUT2D eigenvalue weighted by atomic mass is 16.3. The number of likely N-dealkylation sites (N-methyl/N-ethyl adjacent to an activating group) is 2. The summed E-state index contributed by atoms with van der Waals surface area (Å²) in [5.74, 6) is 0.676. The van der Waals surface area contributed by atoms with Crippen LogP contribution < -0.4 is 10.6 Å². The summed E-state index contributed by atoms with van der Waals surface area (Å²) in [5.41, 5.74) is 1.20. The van der Waals surface area contributed by atoms with Crippen LogP contribution >= 0.6 is 0 Å². The second-order valence-corrected chi connectivity index (χ2v) is 9.57. The Labute approximate surface area is 188 Å². The monoisotopic (exact) mass is 431 g/mol. The van der Waals surface area contributed by atoms with Crippen molar-refractivity contribution in [3.63, 3.8) is 0 Å². The molecule has 7 heteroatoms. The van der Waals surface area contributed by atoms with Gasteiger partial charge in [0.05, 0.1) is 11.7 Å². The number of nitrogens with zero attached hydrogens (tertiary/aromatic N) is 3. The van der Waals surface area contributed by atoms with Gasteiger partial charge in [0.2, 0.25) is 5.91 Å². The third-order valence-corrected chi connectivity index (χ3v) is 5.79. The molecule has 0 spiro atoms. The number of amides is 1. The molecule has 31 heavy (non-hydrogen) atoms. The Balaban J connectivity index is 2.39. The normalized spacial score (nSPS) is 25.0. The summed E-state index contributed by atoms with van der Waals surface area (Å²) in [6.07, 6.45) is 9.41. The van der Waals surface area contributed by atoms with E-state index in [1.165, 1.54) is 12.8 Å². The average Bonchev–Trinajstić information content (AvgIpc) is 3.54. The lowest BCUT2D eigenvalue weighted by Gasteiger charge is -2.32. The van der Waals surface area contributed by atoms with Gasteiger partial charge in [-0.1, -0.05) is 39.0 Å². The summed E-state index contributed by atoms with van der Waals surface area (Å²) in [4.78, 5) is 22.0. The Morgan fingerprint density at radius 1 is 1.32 bits per heavy atom. The predicted octanol–water partition coefficient (Wildman–Crippen LogP) is 2.27.